The molecular formula is C10H24Si. The molecule has 68 valence electrons. The lowest BCUT2D eigenvalue weighted by atomic mass is 9.75. The molecule has 0 aliphatic carbocycles. The van der Waals surface area contributed by atoms with Gasteiger partial charge in [-0.2, -0.15) is 0 Å². The van der Waals surface area contributed by atoms with Gasteiger partial charge in [0.05, 0.1) is 0 Å². The lowest BCUT2D eigenvalue weighted by Crippen LogP contribution is -2.26. The molecule has 0 bridgehead atoms. The Bertz CT molecular complexity index is 105. The highest BCUT2D eigenvalue weighted by Gasteiger charge is 2.26. The van der Waals surface area contributed by atoms with Crippen LogP contribution in [0.5, 0.6) is 0 Å². The van der Waals surface area contributed by atoms with Crippen molar-refractivity contribution >= 4 is 9.52 Å². The van der Waals surface area contributed by atoms with Gasteiger partial charge < -0.3 is 0 Å². The summed E-state index contributed by atoms with van der Waals surface area (Å²) >= 11 is 0. The van der Waals surface area contributed by atoms with Crippen LogP contribution < -0.4 is 0 Å². The van der Waals surface area contributed by atoms with Crippen molar-refractivity contribution in [2.75, 3.05) is 0 Å². The van der Waals surface area contributed by atoms with Crippen molar-refractivity contribution < 1.29 is 0 Å². The summed E-state index contributed by atoms with van der Waals surface area (Å²) in [5.41, 5.74) is 0.592. The summed E-state index contributed by atoms with van der Waals surface area (Å²) in [4.78, 5) is 0. The quantitative estimate of drug-likeness (QED) is 0.572. The van der Waals surface area contributed by atoms with Gasteiger partial charge in [0, 0.05) is 9.52 Å². The van der Waals surface area contributed by atoms with E-state index < -0.39 is 0 Å². The predicted octanol–water partition coefficient (Wildman–Crippen LogP) is 2.94. The molecule has 0 amide bonds. The SMILES string of the molecule is C[SiH2]CC(C)(C)C(C)C(C)C. The standard InChI is InChI=1S/C10H24Si/c1-8(2)9(3)10(4,5)7-11-6/h8-9H,7,11H2,1-6H3. The summed E-state index contributed by atoms with van der Waals surface area (Å²) in [5.74, 6) is 1.71. The Hall–Kier alpha value is 0.217. The number of hydrogen-bond donors (Lipinski definition) is 0. The Morgan fingerprint density at radius 2 is 1.64 bits per heavy atom. The van der Waals surface area contributed by atoms with Crippen molar-refractivity contribution in [3.8, 4) is 0 Å². The van der Waals surface area contributed by atoms with E-state index in [1.165, 1.54) is 6.04 Å². The topological polar surface area (TPSA) is 0 Å². The second kappa shape index (κ2) is 4.29. The molecule has 0 aliphatic heterocycles. The molecule has 1 unspecified atom stereocenters. The van der Waals surface area contributed by atoms with Crippen molar-refractivity contribution in [3.63, 3.8) is 0 Å². The smallest absolute Gasteiger partial charge is 0.0172 e. The largest absolute Gasteiger partial charge is 0.0748 e. The van der Waals surface area contributed by atoms with E-state index in [-0.39, 0.29) is 9.52 Å². The van der Waals surface area contributed by atoms with E-state index in [0.29, 0.717) is 5.41 Å². The average Bonchev–Trinajstić information content (AvgIpc) is 1.86. The zero-order valence-electron chi connectivity index (χ0n) is 9.07. The van der Waals surface area contributed by atoms with E-state index in [1.54, 1.807) is 0 Å². The molecule has 0 fully saturated rings. The summed E-state index contributed by atoms with van der Waals surface area (Å²) in [6.07, 6.45) is 0. The van der Waals surface area contributed by atoms with Crippen LogP contribution in [0.4, 0.5) is 0 Å². The first-order valence-electron chi connectivity index (χ1n) is 4.91. The number of rotatable bonds is 4. The Morgan fingerprint density at radius 3 is 1.91 bits per heavy atom. The maximum absolute atomic E-state index is 2.42. The van der Waals surface area contributed by atoms with Crippen molar-refractivity contribution in [2.24, 2.45) is 17.3 Å². The second-order valence-electron chi connectivity index (χ2n) is 4.77. The van der Waals surface area contributed by atoms with Crippen LogP contribution in [0.15, 0.2) is 0 Å². The molecular weight excluding hydrogens is 148 g/mol. The van der Waals surface area contributed by atoms with Crippen LogP contribution in [0, 0.1) is 17.3 Å². The minimum atomic E-state index is 0.235. The minimum absolute atomic E-state index is 0.235. The lowest BCUT2D eigenvalue weighted by molar-refractivity contribution is 0.199. The van der Waals surface area contributed by atoms with Gasteiger partial charge in [0.1, 0.15) is 0 Å². The van der Waals surface area contributed by atoms with Crippen LogP contribution in [0.3, 0.4) is 0 Å². The Kier molecular flexibility index (Phi) is 4.38. The first-order valence-corrected chi connectivity index (χ1v) is 7.33. The van der Waals surface area contributed by atoms with E-state index in [0.717, 1.165) is 11.8 Å². The summed E-state index contributed by atoms with van der Waals surface area (Å²) in [6.45, 7) is 14.3. The molecule has 0 saturated carbocycles. The van der Waals surface area contributed by atoms with Crippen LogP contribution in [-0.2, 0) is 0 Å². The Labute approximate surface area is 74.6 Å². The van der Waals surface area contributed by atoms with Gasteiger partial charge in [-0.15, -0.1) is 0 Å². The average molecular weight is 172 g/mol. The highest BCUT2D eigenvalue weighted by Crippen LogP contribution is 2.35. The molecule has 0 rings (SSSR count). The molecule has 0 saturated heterocycles. The molecule has 1 heteroatoms. The fraction of sp³-hybridized carbons (Fsp3) is 1.00. The first kappa shape index (κ1) is 11.2. The third kappa shape index (κ3) is 3.41. The predicted molar refractivity (Wildman–Crippen MR) is 57.0 cm³/mol. The van der Waals surface area contributed by atoms with Crippen molar-refractivity contribution in [2.45, 2.75) is 47.2 Å². The van der Waals surface area contributed by atoms with Gasteiger partial charge in [-0.25, -0.2) is 0 Å². The van der Waals surface area contributed by atoms with Crippen molar-refractivity contribution in [3.05, 3.63) is 0 Å². The lowest BCUT2D eigenvalue weighted by Gasteiger charge is -2.34. The second-order valence-corrected chi connectivity index (χ2v) is 6.27. The highest BCUT2D eigenvalue weighted by atomic mass is 28.2. The van der Waals surface area contributed by atoms with Gasteiger partial charge in [0.2, 0.25) is 0 Å². The Morgan fingerprint density at radius 1 is 1.18 bits per heavy atom. The van der Waals surface area contributed by atoms with Crippen LogP contribution in [0.25, 0.3) is 0 Å². The van der Waals surface area contributed by atoms with Crippen LogP contribution in [0.2, 0.25) is 12.6 Å². The maximum atomic E-state index is 2.42. The molecule has 0 aliphatic rings. The molecule has 0 radical (unpaired) electrons. The van der Waals surface area contributed by atoms with Gasteiger partial charge in [-0.3, -0.25) is 0 Å². The van der Waals surface area contributed by atoms with E-state index in [4.69, 9.17) is 0 Å². The van der Waals surface area contributed by atoms with Gasteiger partial charge in [0.25, 0.3) is 0 Å². The van der Waals surface area contributed by atoms with E-state index >= 15 is 0 Å². The number of hydrogen-bond acceptors (Lipinski definition) is 0. The highest BCUT2D eigenvalue weighted by molar-refractivity contribution is 6.33. The van der Waals surface area contributed by atoms with E-state index in [1.807, 2.05) is 0 Å². The molecule has 0 heterocycles. The van der Waals surface area contributed by atoms with Gasteiger partial charge >= 0.3 is 0 Å². The maximum Gasteiger partial charge on any atom is 0.0172 e. The zero-order valence-corrected chi connectivity index (χ0v) is 10.5. The summed E-state index contributed by atoms with van der Waals surface area (Å²) in [7, 11) is 0.235. The Balaban J connectivity index is 4.05. The minimum Gasteiger partial charge on any atom is -0.0748 e. The van der Waals surface area contributed by atoms with Crippen LogP contribution >= 0.6 is 0 Å². The molecule has 0 spiro atoms. The fourth-order valence-electron chi connectivity index (χ4n) is 1.77. The van der Waals surface area contributed by atoms with E-state index in [9.17, 15) is 0 Å². The molecule has 11 heavy (non-hydrogen) atoms. The fourth-order valence-corrected chi connectivity index (χ4v) is 3.52. The van der Waals surface area contributed by atoms with E-state index in [2.05, 4.69) is 41.2 Å². The van der Waals surface area contributed by atoms with Crippen LogP contribution in [-0.4, -0.2) is 9.52 Å². The van der Waals surface area contributed by atoms with Crippen molar-refractivity contribution in [1.82, 2.24) is 0 Å². The molecule has 0 N–H and O–H groups in total. The summed E-state index contributed by atoms with van der Waals surface area (Å²) in [5, 5.41) is 0. The monoisotopic (exact) mass is 172 g/mol. The van der Waals surface area contributed by atoms with Crippen LogP contribution in [0.1, 0.15) is 34.6 Å². The third-order valence-corrected chi connectivity index (χ3v) is 4.92. The normalized spacial score (nSPS) is 16.6. The van der Waals surface area contributed by atoms with Crippen molar-refractivity contribution in [1.29, 1.82) is 0 Å². The zero-order chi connectivity index (χ0) is 9.07. The summed E-state index contributed by atoms with van der Waals surface area (Å²) in [6, 6.07) is 1.49. The van der Waals surface area contributed by atoms with Gasteiger partial charge in [0.15, 0.2) is 0 Å². The molecule has 0 aromatic heterocycles. The molecule has 0 aromatic rings. The molecule has 0 nitrogen and oxygen atoms in total. The third-order valence-electron chi connectivity index (χ3n) is 3.13. The summed E-state index contributed by atoms with van der Waals surface area (Å²) < 4.78 is 0. The molecule has 0 aromatic carbocycles. The van der Waals surface area contributed by atoms with Gasteiger partial charge in [-0.1, -0.05) is 47.2 Å². The van der Waals surface area contributed by atoms with Gasteiger partial charge in [-0.05, 0) is 17.3 Å². The first-order chi connectivity index (χ1) is 4.91. The molecule has 1 atom stereocenters.